The van der Waals surface area contributed by atoms with Gasteiger partial charge in [0.05, 0.1) is 11.2 Å². The number of benzene rings is 1. The molecule has 0 spiro atoms. The minimum absolute atomic E-state index is 0.387. The van der Waals surface area contributed by atoms with Gasteiger partial charge in [-0.05, 0) is 51.7 Å². The number of rotatable bonds is 2. The summed E-state index contributed by atoms with van der Waals surface area (Å²) in [5, 5.41) is 9.05. The Morgan fingerprint density at radius 2 is 1.71 bits per heavy atom. The van der Waals surface area contributed by atoms with Gasteiger partial charge in [-0.15, -0.1) is 0 Å². The minimum atomic E-state index is -0.985. The van der Waals surface area contributed by atoms with Gasteiger partial charge in [0.25, 0.3) is 0 Å². The van der Waals surface area contributed by atoms with Gasteiger partial charge in [0.1, 0.15) is 0 Å². The Hall–Kier alpha value is -1.53. The molecule has 0 aliphatic carbocycles. The lowest BCUT2D eigenvalue weighted by Crippen LogP contribution is -2.41. The standard InChI is InChI=1S/C15H22BNO4/c1-10-9-11(7-8-12(10)17(6)13(18)19)16-20-14(2,3)15(4,5)21-16/h7-9H,1-6H3,(H,18,19). The summed E-state index contributed by atoms with van der Waals surface area (Å²) in [6, 6.07) is 5.55. The molecule has 114 valence electrons. The van der Waals surface area contributed by atoms with E-state index in [1.807, 2.05) is 46.8 Å². The van der Waals surface area contributed by atoms with Crippen LogP contribution in [-0.4, -0.2) is 36.6 Å². The largest absolute Gasteiger partial charge is 0.494 e. The molecule has 1 heterocycles. The van der Waals surface area contributed by atoms with Crippen LogP contribution in [0.3, 0.4) is 0 Å². The van der Waals surface area contributed by atoms with E-state index in [4.69, 9.17) is 14.4 Å². The summed E-state index contributed by atoms with van der Waals surface area (Å²) in [6.07, 6.45) is -0.985. The third kappa shape index (κ3) is 2.78. The van der Waals surface area contributed by atoms with Gasteiger partial charge < -0.3 is 14.4 Å². The molecule has 1 amide bonds. The maximum Gasteiger partial charge on any atom is 0.494 e. The number of amides is 1. The molecular weight excluding hydrogens is 269 g/mol. The molecule has 0 radical (unpaired) electrons. The van der Waals surface area contributed by atoms with Crippen molar-refractivity contribution in [1.82, 2.24) is 0 Å². The van der Waals surface area contributed by atoms with Crippen molar-refractivity contribution in [1.29, 1.82) is 0 Å². The Morgan fingerprint density at radius 3 is 2.14 bits per heavy atom. The predicted molar refractivity (Wildman–Crippen MR) is 83.3 cm³/mol. The normalized spacial score (nSPS) is 19.6. The second-order valence-electron chi connectivity index (χ2n) is 6.48. The van der Waals surface area contributed by atoms with Crippen molar-refractivity contribution < 1.29 is 19.2 Å². The number of carboxylic acid groups (broad SMARTS) is 1. The van der Waals surface area contributed by atoms with Crippen LogP contribution in [0.4, 0.5) is 10.5 Å². The fourth-order valence-electron chi connectivity index (χ4n) is 2.28. The Morgan fingerprint density at radius 1 is 1.19 bits per heavy atom. The van der Waals surface area contributed by atoms with E-state index in [9.17, 15) is 4.79 Å². The molecule has 6 heteroatoms. The fourth-order valence-corrected chi connectivity index (χ4v) is 2.28. The topological polar surface area (TPSA) is 59.0 Å². The number of hydrogen-bond acceptors (Lipinski definition) is 3. The van der Waals surface area contributed by atoms with Crippen LogP contribution in [0.25, 0.3) is 0 Å². The zero-order valence-electron chi connectivity index (χ0n) is 13.4. The maximum atomic E-state index is 11.0. The van der Waals surface area contributed by atoms with E-state index in [0.717, 1.165) is 11.0 Å². The maximum absolute atomic E-state index is 11.0. The highest BCUT2D eigenvalue weighted by Crippen LogP contribution is 2.36. The van der Waals surface area contributed by atoms with Crippen LogP contribution in [0.15, 0.2) is 18.2 Å². The number of hydrogen-bond donors (Lipinski definition) is 1. The molecule has 0 atom stereocenters. The molecule has 1 aliphatic heterocycles. The molecule has 0 aromatic heterocycles. The second kappa shape index (κ2) is 5.03. The van der Waals surface area contributed by atoms with E-state index in [-0.39, 0.29) is 11.2 Å². The van der Waals surface area contributed by atoms with Gasteiger partial charge in [-0.2, -0.15) is 0 Å². The molecule has 0 bridgehead atoms. The SMILES string of the molecule is Cc1cc(B2OC(C)(C)C(C)(C)O2)ccc1N(C)C(=O)O. The average Bonchev–Trinajstić information content (AvgIpc) is 2.57. The average molecular weight is 291 g/mol. The number of aryl methyl sites for hydroxylation is 1. The molecule has 1 aromatic carbocycles. The Bertz CT molecular complexity index is 555. The molecule has 1 aromatic rings. The molecule has 1 N–H and O–H groups in total. The Kier molecular flexibility index (Phi) is 3.80. The van der Waals surface area contributed by atoms with Crippen LogP contribution in [0.2, 0.25) is 0 Å². The monoisotopic (exact) mass is 291 g/mol. The quantitative estimate of drug-likeness (QED) is 0.850. The van der Waals surface area contributed by atoms with Gasteiger partial charge in [-0.25, -0.2) is 4.79 Å². The van der Waals surface area contributed by atoms with Crippen molar-refractivity contribution >= 4 is 24.4 Å². The second-order valence-corrected chi connectivity index (χ2v) is 6.48. The molecule has 21 heavy (non-hydrogen) atoms. The minimum Gasteiger partial charge on any atom is -0.465 e. The van der Waals surface area contributed by atoms with Crippen LogP contribution in [0, 0.1) is 6.92 Å². The van der Waals surface area contributed by atoms with E-state index in [2.05, 4.69) is 0 Å². The molecule has 2 rings (SSSR count). The highest BCUT2D eigenvalue weighted by molar-refractivity contribution is 6.62. The molecule has 0 unspecified atom stereocenters. The Labute approximate surface area is 126 Å². The molecule has 1 fully saturated rings. The van der Waals surface area contributed by atoms with Gasteiger partial charge in [0.15, 0.2) is 0 Å². The van der Waals surface area contributed by atoms with Crippen LogP contribution in [0.5, 0.6) is 0 Å². The first-order valence-electron chi connectivity index (χ1n) is 6.98. The van der Waals surface area contributed by atoms with Crippen molar-refractivity contribution in [3.8, 4) is 0 Å². The van der Waals surface area contributed by atoms with E-state index in [1.54, 1.807) is 6.07 Å². The lowest BCUT2D eigenvalue weighted by molar-refractivity contribution is 0.00578. The van der Waals surface area contributed by atoms with Crippen molar-refractivity contribution in [3.63, 3.8) is 0 Å². The van der Waals surface area contributed by atoms with Gasteiger partial charge in [-0.1, -0.05) is 12.1 Å². The summed E-state index contributed by atoms with van der Waals surface area (Å²) in [4.78, 5) is 12.2. The summed E-state index contributed by atoms with van der Waals surface area (Å²) in [6.45, 7) is 9.90. The Balaban J connectivity index is 2.28. The summed E-state index contributed by atoms with van der Waals surface area (Å²) >= 11 is 0. The van der Waals surface area contributed by atoms with Gasteiger partial charge >= 0.3 is 13.2 Å². The van der Waals surface area contributed by atoms with Crippen molar-refractivity contribution in [3.05, 3.63) is 23.8 Å². The summed E-state index contributed by atoms with van der Waals surface area (Å²) < 4.78 is 12.0. The third-order valence-corrected chi connectivity index (χ3v) is 4.39. The fraction of sp³-hybridized carbons (Fsp3) is 0.533. The van der Waals surface area contributed by atoms with Gasteiger partial charge in [0.2, 0.25) is 0 Å². The summed E-state index contributed by atoms with van der Waals surface area (Å²) in [5.41, 5.74) is 1.65. The first-order valence-corrected chi connectivity index (χ1v) is 6.98. The van der Waals surface area contributed by atoms with E-state index in [1.165, 1.54) is 11.9 Å². The summed E-state index contributed by atoms with van der Waals surface area (Å²) in [7, 11) is 1.09. The molecule has 0 saturated carbocycles. The number of anilines is 1. The van der Waals surface area contributed by atoms with E-state index < -0.39 is 13.2 Å². The molecule has 5 nitrogen and oxygen atoms in total. The van der Waals surface area contributed by atoms with Crippen molar-refractivity contribution in [2.45, 2.75) is 45.8 Å². The van der Waals surface area contributed by atoms with Crippen LogP contribution < -0.4 is 10.4 Å². The first kappa shape index (κ1) is 15.9. The predicted octanol–water partition coefficient (Wildman–Crippen LogP) is 2.41. The lowest BCUT2D eigenvalue weighted by atomic mass is 9.78. The highest BCUT2D eigenvalue weighted by atomic mass is 16.7. The summed E-state index contributed by atoms with van der Waals surface area (Å²) in [5.74, 6) is 0. The van der Waals surface area contributed by atoms with E-state index in [0.29, 0.717) is 5.69 Å². The lowest BCUT2D eigenvalue weighted by Gasteiger charge is -2.32. The number of nitrogens with zero attached hydrogens (tertiary/aromatic N) is 1. The zero-order chi connectivity index (χ0) is 16.0. The third-order valence-electron chi connectivity index (χ3n) is 4.39. The van der Waals surface area contributed by atoms with Crippen molar-refractivity contribution in [2.24, 2.45) is 0 Å². The van der Waals surface area contributed by atoms with Crippen LogP contribution in [0.1, 0.15) is 33.3 Å². The molecule has 1 aliphatic rings. The number of carbonyl (C=O) groups is 1. The van der Waals surface area contributed by atoms with Crippen molar-refractivity contribution in [2.75, 3.05) is 11.9 Å². The van der Waals surface area contributed by atoms with Gasteiger partial charge in [0, 0.05) is 12.7 Å². The van der Waals surface area contributed by atoms with Crippen LogP contribution in [-0.2, 0) is 9.31 Å². The van der Waals surface area contributed by atoms with Crippen LogP contribution >= 0.6 is 0 Å². The van der Waals surface area contributed by atoms with E-state index >= 15 is 0 Å². The van der Waals surface area contributed by atoms with Gasteiger partial charge in [-0.3, -0.25) is 4.90 Å². The zero-order valence-corrected chi connectivity index (χ0v) is 13.4. The smallest absolute Gasteiger partial charge is 0.465 e. The molecular formula is C15H22BNO4. The highest BCUT2D eigenvalue weighted by Gasteiger charge is 2.51. The molecule has 1 saturated heterocycles. The first-order chi connectivity index (χ1) is 9.55.